The van der Waals surface area contributed by atoms with Crippen molar-refractivity contribution in [1.82, 2.24) is 29.6 Å². The molecule has 0 spiro atoms. The van der Waals surface area contributed by atoms with Gasteiger partial charge in [0.05, 0.1) is 35.3 Å². The molecule has 5 atom stereocenters. The maximum absolute atomic E-state index is 16.0. The van der Waals surface area contributed by atoms with E-state index in [2.05, 4.69) is 10.6 Å². The molecule has 0 aliphatic carbocycles. The highest BCUT2D eigenvalue weighted by Gasteiger charge is 2.51. The molecule has 2 fully saturated rings. The van der Waals surface area contributed by atoms with Crippen molar-refractivity contribution in [3.05, 3.63) is 123 Å². The highest BCUT2D eigenvalue weighted by Crippen LogP contribution is 2.45. The first-order chi connectivity index (χ1) is 29.8. The highest BCUT2D eigenvalue weighted by atomic mass is 35.5. The number of fused-ring (bicyclic) bond motifs is 4. The summed E-state index contributed by atoms with van der Waals surface area (Å²) in [5.41, 5.74) is -2.41. The molecule has 6 aliphatic rings. The molecule has 6 aliphatic heterocycles. The first-order valence-corrected chi connectivity index (χ1v) is 20.9. The number of rotatable bonds is 7. The second-order valence-electron chi connectivity index (χ2n) is 16.2. The lowest BCUT2D eigenvalue weighted by atomic mass is 9.94. The molecule has 10 rings (SSSR count). The summed E-state index contributed by atoms with van der Waals surface area (Å²) in [7, 11) is 0. The average molecular weight is 894 g/mol. The smallest absolute Gasteiger partial charge is 0.276 e. The number of carbonyl (C=O) groups excluding carboxylic acids is 4. The van der Waals surface area contributed by atoms with Crippen LogP contribution in [-0.4, -0.2) is 91.5 Å². The first kappa shape index (κ1) is 40.3. The molecule has 2 aromatic heterocycles. The van der Waals surface area contributed by atoms with Crippen LogP contribution in [0.1, 0.15) is 107 Å². The van der Waals surface area contributed by atoms with Crippen LogP contribution in [0.3, 0.4) is 0 Å². The number of nitrogens with one attached hydrogen (secondary N) is 2. The Bertz CT molecular complexity index is 2820. The predicted octanol–water partition coefficient (Wildman–Crippen LogP) is 3.64. The van der Waals surface area contributed by atoms with E-state index in [0.29, 0.717) is 32.4 Å². The summed E-state index contributed by atoms with van der Waals surface area (Å²) in [5.74, 6) is -7.06. The van der Waals surface area contributed by atoms with E-state index in [9.17, 15) is 43.4 Å². The molecule has 4 N–H and O–H groups in total. The van der Waals surface area contributed by atoms with Crippen LogP contribution in [0.25, 0.3) is 0 Å². The van der Waals surface area contributed by atoms with E-state index in [-0.39, 0.29) is 93.2 Å². The minimum atomic E-state index is -1.06. The molecule has 322 valence electrons. The van der Waals surface area contributed by atoms with Crippen LogP contribution < -0.4 is 21.5 Å². The Morgan fingerprint density at radius 1 is 0.758 bits per heavy atom. The number of benzene rings is 2. The van der Waals surface area contributed by atoms with Crippen LogP contribution in [0.4, 0.5) is 8.78 Å². The van der Waals surface area contributed by atoms with Gasteiger partial charge in [-0.2, -0.15) is 0 Å². The summed E-state index contributed by atoms with van der Waals surface area (Å²) in [4.78, 5) is 84.2. The molecule has 4 aromatic rings. The van der Waals surface area contributed by atoms with E-state index in [1.165, 1.54) is 49.3 Å². The minimum absolute atomic E-state index is 0.00270. The lowest BCUT2D eigenvalue weighted by Crippen LogP contribution is -2.57. The van der Waals surface area contributed by atoms with Crippen molar-refractivity contribution >= 4 is 46.8 Å². The van der Waals surface area contributed by atoms with Gasteiger partial charge in [-0.25, -0.2) is 8.78 Å². The van der Waals surface area contributed by atoms with Crippen LogP contribution in [0.15, 0.2) is 39.9 Å². The van der Waals surface area contributed by atoms with Gasteiger partial charge in [0.25, 0.3) is 23.6 Å². The predicted molar refractivity (Wildman–Crippen MR) is 214 cm³/mol. The van der Waals surface area contributed by atoms with Crippen molar-refractivity contribution < 1.29 is 47.6 Å². The van der Waals surface area contributed by atoms with Crippen LogP contribution in [0.5, 0.6) is 11.5 Å². The summed E-state index contributed by atoms with van der Waals surface area (Å²) >= 11 is 12.5. The van der Waals surface area contributed by atoms with Crippen molar-refractivity contribution in [2.45, 2.75) is 75.7 Å². The fourth-order valence-electron chi connectivity index (χ4n) is 10.1. The Morgan fingerprint density at radius 2 is 1.32 bits per heavy atom. The Kier molecular flexibility index (Phi) is 9.69. The van der Waals surface area contributed by atoms with Crippen LogP contribution in [0.2, 0.25) is 10.0 Å². The number of hydrogen-bond donors (Lipinski definition) is 4. The van der Waals surface area contributed by atoms with E-state index in [4.69, 9.17) is 32.7 Å². The van der Waals surface area contributed by atoms with E-state index in [0.717, 1.165) is 0 Å². The zero-order valence-corrected chi connectivity index (χ0v) is 34.0. The van der Waals surface area contributed by atoms with Gasteiger partial charge in [-0.3, -0.25) is 28.8 Å². The van der Waals surface area contributed by atoms with Crippen LogP contribution >= 0.6 is 23.2 Å². The maximum Gasteiger partial charge on any atom is 0.276 e. The normalized spacial score (nSPS) is 23.1. The lowest BCUT2D eigenvalue weighted by molar-refractivity contribution is -0.117. The molecule has 2 aromatic carbocycles. The van der Waals surface area contributed by atoms with Crippen molar-refractivity contribution in [2.24, 2.45) is 0 Å². The Morgan fingerprint density at radius 3 is 1.94 bits per heavy atom. The van der Waals surface area contributed by atoms with Crippen molar-refractivity contribution in [3.8, 4) is 11.5 Å². The number of aromatic hydroxyl groups is 2. The van der Waals surface area contributed by atoms with E-state index >= 15 is 4.39 Å². The van der Waals surface area contributed by atoms with Gasteiger partial charge in [0.2, 0.25) is 10.9 Å². The zero-order chi connectivity index (χ0) is 43.5. The van der Waals surface area contributed by atoms with Gasteiger partial charge < -0.3 is 49.3 Å². The topological polar surface area (TPSA) is 202 Å². The Labute approximate surface area is 359 Å². The number of pyridine rings is 2. The summed E-state index contributed by atoms with van der Waals surface area (Å²) in [6, 6.07) is 6.24. The maximum atomic E-state index is 16.0. The summed E-state index contributed by atoms with van der Waals surface area (Å²) in [6.45, 7) is 0.128. The molecule has 20 heteroatoms. The van der Waals surface area contributed by atoms with Crippen molar-refractivity contribution in [3.63, 3.8) is 0 Å². The molecular weight excluding hydrogens is 857 g/mol. The van der Waals surface area contributed by atoms with E-state index in [1.807, 2.05) is 0 Å². The number of hydrogen-bond acceptors (Lipinski definition) is 10. The van der Waals surface area contributed by atoms with E-state index in [1.54, 1.807) is 0 Å². The number of amides is 4. The molecule has 0 radical (unpaired) electrons. The third kappa shape index (κ3) is 5.90. The molecule has 62 heavy (non-hydrogen) atoms. The van der Waals surface area contributed by atoms with Gasteiger partial charge >= 0.3 is 0 Å². The number of aromatic nitrogens is 2. The summed E-state index contributed by atoms with van der Waals surface area (Å²) < 4.78 is 45.6. The molecule has 16 nitrogen and oxygen atoms in total. The number of carbonyl (C=O) groups is 4. The Balaban J connectivity index is 0.864. The van der Waals surface area contributed by atoms with Gasteiger partial charge in [0.1, 0.15) is 22.8 Å². The average Bonchev–Trinajstić information content (AvgIpc) is 3.90. The largest absolute Gasteiger partial charge is 0.503 e. The van der Waals surface area contributed by atoms with Crippen LogP contribution in [0, 0.1) is 11.6 Å². The fourth-order valence-corrected chi connectivity index (χ4v) is 10.6. The SMILES string of the molecule is O=C(NCc1ccc(C2CO[C@@H]3[C@@H]4CCc5c(C(=O)NCc6cccc(Cl)c6F)c(=O)c(O)c(n54)C(=O)N3C2)c(Cl)c1F)c1c2n3c(c(O)c1=O)C(=O)N1CCCOC1C3CC2. The minimum Gasteiger partial charge on any atom is -0.503 e. The van der Waals surface area contributed by atoms with Crippen LogP contribution in [-0.2, 0) is 35.4 Å². The quantitative estimate of drug-likeness (QED) is 0.212. The standard InChI is InChI=1S/C42H36Cl2F2N6O10/c43-21-4-1-3-17(29(21)45)13-47-37(57)27-23-8-10-25-42-50(40(60)32(52(23)25)36(56)34(27)54)15-19(16-62-42)20-6-5-18(30(46)28(20)44)14-48-38(58)26-22-7-9-24-41-49(11-2-12-61-41)39(59)31(51(22)24)35(55)33(26)53/h1,3-6,19,24-25,41-42,55-56H,2,7-16H2,(H,47,57)(H,48,58)/t19?,24?,25-,41?,42+/m0/s1. The van der Waals surface area contributed by atoms with Gasteiger partial charge in [0.15, 0.2) is 35.3 Å². The lowest BCUT2D eigenvalue weighted by Gasteiger charge is -2.46. The van der Waals surface area contributed by atoms with Gasteiger partial charge in [-0.15, -0.1) is 0 Å². The third-order valence-corrected chi connectivity index (χ3v) is 13.6. The third-order valence-electron chi connectivity index (χ3n) is 12.9. The molecule has 4 amide bonds. The van der Waals surface area contributed by atoms with Gasteiger partial charge in [-0.05, 0) is 43.7 Å². The summed E-state index contributed by atoms with van der Waals surface area (Å²) in [6.07, 6.45) is 0.431. The monoisotopic (exact) mass is 892 g/mol. The number of ether oxygens (including phenoxy) is 2. The molecule has 0 saturated carbocycles. The number of nitrogens with zero attached hydrogens (tertiary/aromatic N) is 4. The van der Waals surface area contributed by atoms with Crippen molar-refractivity contribution in [2.75, 3.05) is 26.3 Å². The molecular formula is C42H36Cl2F2N6O10. The first-order valence-electron chi connectivity index (χ1n) is 20.1. The second-order valence-corrected chi connectivity index (χ2v) is 16.9. The summed E-state index contributed by atoms with van der Waals surface area (Å²) in [5, 5.41) is 26.7. The van der Waals surface area contributed by atoms with Gasteiger partial charge in [-0.1, -0.05) is 47.5 Å². The van der Waals surface area contributed by atoms with E-state index < -0.39 is 94.6 Å². The Hall–Kier alpha value is -5.82. The second kappa shape index (κ2) is 14.9. The van der Waals surface area contributed by atoms with Crippen molar-refractivity contribution in [1.29, 1.82) is 0 Å². The molecule has 2 saturated heterocycles. The van der Waals surface area contributed by atoms with Gasteiger partial charge in [0, 0.05) is 54.6 Å². The molecule has 8 heterocycles. The highest BCUT2D eigenvalue weighted by molar-refractivity contribution is 6.31. The number of halogens is 4. The fraction of sp³-hybridized carbons (Fsp3) is 0.381. The zero-order valence-electron chi connectivity index (χ0n) is 32.5. The molecule has 3 unspecified atom stereocenters. The molecule has 0 bridgehead atoms.